The van der Waals surface area contributed by atoms with Gasteiger partial charge in [0.2, 0.25) is 10.0 Å². The van der Waals surface area contributed by atoms with Crippen molar-refractivity contribution in [1.29, 1.82) is 0 Å². The topological polar surface area (TPSA) is 175 Å². The predicted molar refractivity (Wildman–Crippen MR) is 167 cm³/mol. The molecule has 0 unspecified atom stereocenters. The summed E-state index contributed by atoms with van der Waals surface area (Å²) in [6.07, 6.45) is -0.584. The minimum atomic E-state index is -4.05. The maximum Gasteiger partial charge on any atom is 1.00 e. The Morgan fingerprint density at radius 2 is 1.61 bits per heavy atom. The molecule has 5 N–H and O–H groups in total. The summed E-state index contributed by atoms with van der Waals surface area (Å²) in [7, 11) is -4.05. The molecular formula is C33H33FN3NaO7S. The first-order chi connectivity index (χ1) is 21.3. The number of rotatable bonds is 12. The number of hydrogen-bond donors (Lipinski definition) is 4. The molecular weight excluding hydrogens is 624 g/mol. The minimum absolute atomic E-state index is 0. The van der Waals surface area contributed by atoms with E-state index in [2.05, 4.69) is 5.32 Å². The molecule has 0 bridgehead atoms. The standard InChI is InChI=1S/C33H34FN3O7S.Na/c1-20(2)37-28(16-15-25(38)18-26(39)19-29(40)41)30(22-11-13-23(34)14-12-22)31(21-7-4-3-5-8-21)32(37)33(42)36-24-9-6-10-27(17-24)45(35,43)44;/h3-17,20,25-26,38-39H,18-19H2,1-2H3,(H,36,42)(H,40,41)(H2,35,43,44);/q;+1/p-1/t25-,26-;/m1./s1. The molecule has 0 saturated carbocycles. The van der Waals surface area contributed by atoms with Crippen molar-refractivity contribution in [3.05, 3.63) is 102 Å². The van der Waals surface area contributed by atoms with Gasteiger partial charge in [0.25, 0.3) is 5.91 Å². The van der Waals surface area contributed by atoms with Crippen molar-refractivity contribution in [3.63, 3.8) is 0 Å². The van der Waals surface area contributed by atoms with Crippen LogP contribution < -0.4 is 45.1 Å². The van der Waals surface area contributed by atoms with E-state index in [-0.39, 0.29) is 58.3 Å². The van der Waals surface area contributed by atoms with Crippen molar-refractivity contribution in [3.8, 4) is 22.3 Å². The molecule has 13 heteroatoms. The molecule has 0 fully saturated rings. The molecule has 10 nitrogen and oxygen atoms in total. The van der Waals surface area contributed by atoms with Gasteiger partial charge in [-0.2, -0.15) is 0 Å². The quantitative estimate of drug-likeness (QED) is 0.162. The zero-order valence-corrected chi connectivity index (χ0v) is 28.4. The molecule has 1 aromatic heterocycles. The summed E-state index contributed by atoms with van der Waals surface area (Å²) in [5, 5.41) is 39.6. The maximum atomic E-state index is 14.2. The molecule has 236 valence electrons. The van der Waals surface area contributed by atoms with E-state index in [9.17, 15) is 37.7 Å². The second-order valence-corrected chi connectivity index (χ2v) is 12.3. The Labute approximate surface area is 288 Å². The third kappa shape index (κ3) is 9.01. The molecule has 1 amide bonds. The molecule has 0 aliphatic carbocycles. The number of nitrogens with two attached hydrogens (primary N) is 1. The van der Waals surface area contributed by atoms with E-state index in [0.29, 0.717) is 27.9 Å². The molecule has 1 heterocycles. The van der Waals surface area contributed by atoms with Gasteiger partial charge in [0.1, 0.15) is 11.5 Å². The summed E-state index contributed by atoms with van der Waals surface area (Å²) in [5.74, 6) is -2.50. The fourth-order valence-corrected chi connectivity index (χ4v) is 5.66. The van der Waals surface area contributed by atoms with Gasteiger partial charge in [-0.3, -0.25) is 4.79 Å². The van der Waals surface area contributed by atoms with Gasteiger partial charge in [0.05, 0.1) is 17.1 Å². The summed E-state index contributed by atoms with van der Waals surface area (Å²) in [6, 6.07) is 19.9. The SMILES string of the molecule is CC(C)n1c(C=C[C@@H](O)C[C@@H](O)CC(=O)[O-])c(-c2ccc(F)cc2)c(-c2ccccc2)c1C(=O)Nc1cccc(S(N)(=O)=O)c1.[Na+]. The fourth-order valence-electron chi connectivity index (χ4n) is 5.10. The number of halogens is 1. The summed E-state index contributed by atoms with van der Waals surface area (Å²) in [5.41, 5.74) is 3.08. The maximum absolute atomic E-state index is 14.2. The van der Waals surface area contributed by atoms with Crippen molar-refractivity contribution >= 4 is 33.7 Å². The number of carbonyl (C=O) groups is 2. The average Bonchev–Trinajstić information content (AvgIpc) is 3.32. The van der Waals surface area contributed by atoms with Crippen LogP contribution in [0.3, 0.4) is 0 Å². The van der Waals surface area contributed by atoms with Crippen molar-refractivity contribution < 1.29 is 67.3 Å². The van der Waals surface area contributed by atoms with Crippen molar-refractivity contribution in [2.24, 2.45) is 5.14 Å². The van der Waals surface area contributed by atoms with Gasteiger partial charge in [-0.05, 0) is 61.4 Å². The van der Waals surface area contributed by atoms with Crippen LogP contribution in [0.4, 0.5) is 10.1 Å². The number of aliphatic hydroxyl groups excluding tert-OH is 2. The Balaban J connectivity index is 0.00000576. The first-order valence-corrected chi connectivity index (χ1v) is 15.6. The number of aromatic nitrogens is 1. The van der Waals surface area contributed by atoms with E-state index in [1.54, 1.807) is 34.9 Å². The minimum Gasteiger partial charge on any atom is -0.550 e. The number of aliphatic carboxylic acids is 1. The first kappa shape index (κ1) is 36.8. The van der Waals surface area contributed by atoms with Gasteiger partial charge in [-0.1, -0.05) is 54.6 Å². The Morgan fingerprint density at radius 1 is 0.978 bits per heavy atom. The molecule has 3 aromatic carbocycles. The van der Waals surface area contributed by atoms with Crippen LogP contribution in [0, 0.1) is 5.82 Å². The molecule has 2 atom stereocenters. The Kier molecular flexibility index (Phi) is 12.6. The molecule has 46 heavy (non-hydrogen) atoms. The molecule has 4 aromatic rings. The predicted octanol–water partition coefficient (Wildman–Crippen LogP) is 0.711. The van der Waals surface area contributed by atoms with E-state index < -0.39 is 46.3 Å². The first-order valence-electron chi connectivity index (χ1n) is 14.0. The normalized spacial score (nSPS) is 12.9. The van der Waals surface area contributed by atoms with Crippen LogP contribution in [0.5, 0.6) is 0 Å². The molecule has 0 spiro atoms. The number of benzene rings is 3. The van der Waals surface area contributed by atoms with Crippen LogP contribution in [0.25, 0.3) is 28.3 Å². The second kappa shape index (κ2) is 15.8. The number of primary sulfonamides is 1. The van der Waals surface area contributed by atoms with Gasteiger partial charge in [0.15, 0.2) is 0 Å². The second-order valence-electron chi connectivity index (χ2n) is 10.7. The smallest absolute Gasteiger partial charge is 0.550 e. The Hall–Kier alpha value is -3.62. The molecule has 0 aliphatic heterocycles. The third-order valence-electron chi connectivity index (χ3n) is 6.98. The summed E-state index contributed by atoms with van der Waals surface area (Å²) < 4.78 is 39.7. The van der Waals surface area contributed by atoms with Crippen molar-refractivity contribution in [2.45, 2.75) is 49.8 Å². The number of nitrogens with one attached hydrogen (secondary N) is 1. The van der Waals surface area contributed by atoms with Crippen molar-refractivity contribution in [2.75, 3.05) is 5.32 Å². The van der Waals surface area contributed by atoms with Gasteiger partial charge in [-0.25, -0.2) is 17.9 Å². The van der Waals surface area contributed by atoms with E-state index in [1.807, 2.05) is 32.0 Å². The Bertz CT molecular complexity index is 1830. The van der Waals surface area contributed by atoms with Crippen LogP contribution in [-0.4, -0.2) is 47.3 Å². The summed E-state index contributed by atoms with van der Waals surface area (Å²) >= 11 is 0. The largest absolute Gasteiger partial charge is 1.00 e. The average molecular weight is 658 g/mol. The van der Waals surface area contributed by atoms with Gasteiger partial charge < -0.3 is 30.0 Å². The van der Waals surface area contributed by atoms with Crippen molar-refractivity contribution in [1.82, 2.24) is 4.57 Å². The molecule has 0 radical (unpaired) electrons. The third-order valence-corrected chi connectivity index (χ3v) is 7.89. The number of anilines is 1. The van der Waals surface area contributed by atoms with Gasteiger partial charge in [-0.15, -0.1) is 0 Å². The number of aliphatic hydroxyl groups is 2. The van der Waals surface area contributed by atoms with Gasteiger partial charge >= 0.3 is 29.6 Å². The van der Waals surface area contributed by atoms with E-state index in [0.717, 1.165) is 0 Å². The molecule has 4 rings (SSSR count). The number of amides is 1. The van der Waals surface area contributed by atoms with E-state index in [4.69, 9.17) is 5.14 Å². The Morgan fingerprint density at radius 3 is 2.20 bits per heavy atom. The number of nitrogens with zero attached hydrogens (tertiary/aromatic N) is 1. The monoisotopic (exact) mass is 657 g/mol. The van der Waals surface area contributed by atoms with Crippen LogP contribution in [0.15, 0.2) is 89.8 Å². The molecule has 0 aliphatic rings. The van der Waals surface area contributed by atoms with Crippen LogP contribution in [-0.2, 0) is 14.8 Å². The molecule has 0 saturated heterocycles. The van der Waals surface area contributed by atoms with Crippen LogP contribution in [0.1, 0.15) is 48.9 Å². The fraction of sp³-hybridized carbons (Fsp3) is 0.212. The number of sulfonamides is 1. The van der Waals surface area contributed by atoms with Crippen LogP contribution in [0.2, 0.25) is 0 Å². The van der Waals surface area contributed by atoms with E-state index >= 15 is 0 Å². The van der Waals surface area contributed by atoms with Crippen LogP contribution >= 0.6 is 0 Å². The number of hydrogen-bond acceptors (Lipinski definition) is 7. The number of carboxylic acid groups (broad SMARTS) is 1. The zero-order chi connectivity index (χ0) is 32.9. The number of carboxylic acids is 1. The van der Waals surface area contributed by atoms with E-state index in [1.165, 1.54) is 42.5 Å². The van der Waals surface area contributed by atoms with Gasteiger partial charge in [0, 0.05) is 47.4 Å². The zero-order valence-electron chi connectivity index (χ0n) is 25.6. The number of carbonyl (C=O) groups excluding carboxylic acids is 2. The summed E-state index contributed by atoms with van der Waals surface area (Å²) in [4.78, 5) is 24.9. The summed E-state index contributed by atoms with van der Waals surface area (Å²) in [6.45, 7) is 3.69.